The van der Waals surface area contributed by atoms with Gasteiger partial charge in [-0.05, 0) is 62.8 Å². The molecule has 0 unspecified atom stereocenters. The molecular formula is C19H27ClN2O3S. The van der Waals surface area contributed by atoms with Crippen LogP contribution in [0.15, 0.2) is 29.8 Å². The van der Waals surface area contributed by atoms with E-state index >= 15 is 0 Å². The van der Waals surface area contributed by atoms with Crippen molar-refractivity contribution in [2.24, 2.45) is 0 Å². The summed E-state index contributed by atoms with van der Waals surface area (Å²) in [5.41, 5.74) is 2.68. The van der Waals surface area contributed by atoms with Gasteiger partial charge in [0.15, 0.2) is 0 Å². The number of aryl methyl sites for hydroxylation is 1. The summed E-state index contributed by atoms with van der Waals surface area (Å²) in [5, 5.41) is 3.50. The number of hydrogen-bond acceptors (Lipinski definition) is 3. The van der Waals surface area contributed by atoms with Crippen LogP contribution >= 0.6 is 11.6 Å². The van der Waals surface area contributed by atoms with Crippen LogP contribution in [0, 0.1) is 6.92 Å². The Balaban J connectivity index is 1.89. The topological polar surface area (TPSA) is 66.5 Å². The van der Waals surface area contributed by atoms with E-state index in [-0.39, 0.29) is 12.5 Å². The highest BCUT2D eigenvalue weighted by Crippen LogP contribution is 2.26. The third kappa shape index (κ3) is 6.32. The summed E-state index contributed by atoms with van der Waals surface area (Å²) in [7, 11) is -3.43. The molecule has 1 aromatic carbocycles. The van der Waals surface area contributed by atoms with Crippen LogP contribution in [0.2, 0.25) is 5.02 Å². The highest BCUT2D eigenvalue weighted by molar-refractivity contribution is 7.92. The Morgan fingerprint density at radius 3 is 2.69 bits per heavy atom. The Bertz CT molecular complexity index is 775. The average Bonchev–Trinajstić information content (AvgIpc) is 2.58. The molecule has 26 heavy (non-hydrogen) atoms. The van der Waals surface area contributed by atoms with Gasteiger partial charge in [0.2, 0.25) is 15.9 Å². The van der Waals surface area contributed by atoms with Gasteiger partial charge in [0.25, 0.3) is 0 Å². The Hall–Kier alpha value is -1.53. The second-order valence-electron chi connectivity index (χ2n) is 6.75. The minimum atomic E-state index is -3.43. The maximum atomic E-state index is 12.2. The molecule has 1 aromatic rings. The largest absolute Gasteiger partial charge is 0.352 e. The van der Waals surface area contributed by atoms with Crippen molar-refractivity contribution in [1.82, 2.24) is 5.32 Å². The van der Waals surface area contributed by atoms with Gasteiger partial charge in [-0.3, -0.25) is 9.10 Å². The molecule has 0 aliphatic heterocycles. The summed E-state index contributed by atoms with van der Waals surface area (Å²) in [6.07, 6.45) is 8.70. The van der Waals surface area contributed by atoms with Crippen LogP contribution in [0.3, 0.4) is 0 Å². The molecule has 0 atom stereocenters. The maximum Gasteiger partial charge on any atom is 0.232 e. The Morgan fingerprint density at radius 1 is 1.31 bits per heavy atom. The molecule has 144 valence electrons. The number of carbonyl (C=O) groups excluding carboxylic acids is 1. The molecule has 0 fully saturated rings. The fraction of sp³-hybridized carbons (Fsp3) is 0.526. The van der Waals surface area contributed by atoms with Crippen LogP contribution in [-0.2, 0) is 14.8 Å². The third-order valence-corrected chi connectivity index (χ3v) is 5.91. The van der Waals surface area contributed by atoms with Gasteiger partial charge in [-0.1, -0.05) is 23.3 Å². The van der Waals surface area contributed by atoms with Crippen molar-refractivity contribution in [3.63, 3.8) is 0 Å². The molecule has 0 saturated carbocycles. The molecule has 2 rings (SSSR count). The molecular weight excluding hydrogens is 372 g/mol. The number of halogens is 1. The number of nitrogens with zero attached hydrogens (tertiary/aromatic N) is 1. The highest BCUT2D eigenvalue weighted by Gasteiger charge is 2.19. The van der Waals surface area contributed by atoms with E-state index in [0.717, 1.165) is 18.4 Å². The van der Waals surface area contributed by atoms with Crippen LogP contribution in [0.25, 0.3) is 0 Å². The van der Waals surface area contributed by atoms with Crippen molar-refractivity contribution >= 4 is 33.2 Å². The van der Waals surface area contributed by atoms with E-state index in [4.69, 9.17) is 11.6 Å². The molecule has 1 aliphatic rings. The second-order valence-corrected chi connectivity index (χ2v) is 9.10. The number of carbonyl (C=O) groups is 1. The van der Waals surface area contributed by atoms with Gasteiger partial charge in [-0.15, -0.1) is 0 Å². The zero-order valence-corrected chi connectivity index (χ0v) is 17.0. The first-order chi connectivity index (χ1) is 12.3. The number of nitrogens with one attached hydrogen (secondary N) is 1. The number of amides is 1. The van der Waals surface area contributed by atoms with E-state index in [2.05, 4.69) is 11.4 Å². The molecule has 5 nitrogen and oxygen atoms in total. The number of allylic oxidation sites excluding steroid dienone is 1. The van der Waals surface area contributed by atoms with E-state index in [1.807, 2.05) is 6.92 Å². The molecule has 0 spiro atoms. The van der Waals surface area contributed by atoms with Crippen LogP contribution < -0.4 is 9.62 Å². The zero-order chi connectivity index (χ0) is 19.2. The first-order valence-electron chi connectivity index (χ1n) is 8.96. The van der Waals surface area contributed by atoms with E-state index in [1.54, 1.807) is 18.2 Å². The minimum Gasteiger partial charge on any atom is -0.352 e. The van der Waals surface area contributed by atoms with Gasteiger partial charge in [-0.25, -0.2) is 8.42 Å². The zero-order valence-electron chi connectivity index (χ0n) is 15.4. The molecule has 1 amide bonds. The van der Waals surface area contributed by atoms with Crippen molar-refractivity contribution in [2.45, 2.75) is 45.4 Å². The normalized spacial score (nSPS) is 14.7. The molecule has 0 aromatic heterocycles. The van der Waals surface area contributed by atoms with Gasteiger partial charge >= 0.3 is 0 Å². The van der Waals surface area contributed by atoms with Crippen molar-refractivity contribution in [3.05, 3.63) is 40.4 Å². The fourth-order valence-electron chi connectivity index (χ4n) is 3.11. The van der Waals surface area contributed by atoms with E-state index in [1.165, 1.54) is 29.0 Å². The predicted octanol–water partition coefficient (Wildman–Crippen LogP) is 3.81. The first-order valence-corrected chi connectivity index (χ1v) is 11.2. The lowest BCUT2D eigenvalue weighted by Gasteiger charge is -2.24. The van der Waals surface area contributed by atoms with E-state index in [0.29, 0.717) is 30.1 Å². The van der Waals surface area contributed by atoms with Crippen molar-refractivity contribution in [1.29, 1.82) is 0 Å². The number of benzene rings is 1. The molecule has 0 heterocycles. The Morgan fingerprint density at radius 2 is 2.08 bits per heavy atom. The quantitative estimate of drug-likeness (QED) is 0.677. The molecule has 1 N–H and O–H groups in total. The Kier molecular flexibility index (Phi) is 7.53. The van der Waals surface area contributed by atoms with Gasteiger partial charge in [0, 0.05) is 24.5 Å². The SMILES string of the molecule is Cc1cc(Cl)ccc1N(CCCC(=O)NCC1=CCCCC1)S(C)(=O)=O. The standard InChI is InChI=1S/C19H27ClN2O3S/c1-15-13-17(20)10-11-18(15)22(26(2,24)25)12-6-9-19(23)21-14-16-7-4-3-5-8-16/h7,10-11,13H,3-6,8-9,12,14H2,1-2H3,(H,21,23). The Labute approximate surface area is 161 Å². The monoisotopic (exact) mass is 398 g/mol. The van der Waals surface area contributed by atoms with Crippen molar-refractivity contribution in [3.8, 4) is 0 Å². The smallest absolute Gasteiger partial charge is 0.232 e. The molecule has 1 aliphatic carbocycles. The number of rotatable bonds is 8. The van der Waals surface area contributed by atoms with Crippen LogP contribution in [0.5, 0.6) is 0 Å². The van der Waals surface area contributed by atoms with Gasteiger partial charge < -0.3 is 5.32 Å². The van der Waals surface area contributed by atoms with Gasteiger partial charge in [0.1, 0.15) is 0 Å². The van der Waals surface area contributed by atoms with Crippen LogP contribution in [0.1, 0.15) is 44.1 Å². The van der Waals surface area contributed by atoms with Crippen molar-refractivity contribution in [2.75, 3.05) is 23.7 Å². The lowest BCUT2D eigenvalue weighted by Crippen LogP contribution is -2.33. The second kappa shape index (κ2) is 9.42. The van der Waals surface area contributed by atoms with Crippen molar-refractivity contribution < 1.29 is 13.2 Å². The minimum absolute atomic E-state index is 0.0437. The molecule has 0 saturated heterocycles. The average molecular weight is 399 g/mol. The van der Waals surface area contributed by atoms with Gasteiger partial charge in [0.05, 0.1) is 11.9 Å². The lowest BCUT2D eigenvalue weighted by molar-refractivity contribution is -0.120. The first kappa shape index (κ1) is 20.8. The molecule has 7 heteroatoms. The number of anilines is 1. The summed E-state index contributed by atoms with van der Waals surface area (Å²) < 4.78 is 25.7. The van der Waals surface area contributed by atoms with Crippen LogP contribution in [0.4, 0.5) is 5.69 Å². The summed E-state index contributed by atoms with van der Waals surface area (Å²) >= 11 is 5.96. The summed E-state index contributed by atoms with van der Waals surface area (Å²) in [6, 6.07) is 5.11. The predicted molar refractivity (Wildman–Crippen MR) is 107 cm³/mol. The molecule has 0 radical (unpaired) electrons. The van der Waals surface area contributed by atoms with Gasteiger partial charge in [-0.2, -0.15) is 0 Å². The third-order valence-electron chi connectivity index (χ3n) is 4.49. The van der Waals surface area contributed by atoms with E-state index < -0.39 is 10.0 Å². The number of sulfonamides is 1. The van der Waals surface area contributed by atoms with E-state index in [9.17, 15) is 13.2 Å². The highest BCUT2D eigenvalue weighted by atomic mass is 35.5. The van der Waals surface area contributed by atoms with Crippen LogP contribution in [-0.4, -0.2) is 33.7 Å². The molecule has 0 bridgehead atoms. The number of hydrogen-bond donors (Lipinski definition) is 1. The lowest BCUT2D eigenvalue weighted by atomic mass is 10.00. The fourth-order valence-corrected chi connectivity index (χ4v) is 4.36. The summed E-state index contributed by atoms with van der Waals surface area (Å²) in [4.78, 5) is 12.0. The summed E-state index contributed by atoms with van der Waals surface area (Å²) in [6.45, 7) is 2.69. The summed E-state index contributed by atoms with van der Waals surface area (Å²) in [5.74, 6) is -0.0437. The maximum absolute atomic E-state index is 12.2.